The zero-order chi connectivity index (χ0) is 13.0. The molecule has 1 aliphatic rings. The monoisotopic (exact) mass is 249 g/mol. The number of hydrogen-bond donors (Lipinski definition) is 1. The summed E-state index contributed by atoms with van der Waals surface area (Å²) in [6.45, 7) is 0.294. The summed E-state index contributed by atoms with van der Waals surface area (Å²) in [5.41, 5.74) is -0.454. The minimum absolute atomic E-state index is 0.0264. The van der Waals surface area contributed by atoms with Crippen molar-refractivity contribution in [2.45, 2.75) is 19.3 Å². The third-order valence-electron chi connectivity index (χ3n) is 3.33. The van der Waals surface area contributed by atoms with Gasteiger partial charge in [0, 0.05) is 18.8 Å². The van der Waals surface area contributed by atoms with Gasteiger partial charge in [-0.15, -0.1) is 0 Å². The average molecular weight is 249 g/mol. The molecular formula is C13H15NO4. The first-order valence-electron chi connectivity index (χ1n) is 5.88. The van der Waals surface area contributed by atoms with E-state index >= 15 is 0 Å². The maximum absolute atomic E-state index is 11.9. The van der Waals surface area contributed by atoms with E-state index in [1.54, 1.807) is 18.5 Å². The van der Waals surface area contributed by atoms with E-state index in [0.717, 1.165) is 5.56 Å². The van der Waals surface area contributed by atoms with Gasteiger partial charge in [-0.2, -0.15) is 0 Å². The number of aliphatic carboxylic acids is 1. The second-order valence-corrected chi connectivity index (χ2v) is 4.47. The Labute approximate surface area is 105 Å². The van der Waals surface area contributed by atoms with Crippen LogP contribution >= 0.6 is 0 Å². The molecule has 1 aromatic rings. The number of aromatic nitrogens is 1. The van der Waals surface area contributed by atoms with Crippen LogP contribution < -0.4 is 0 Å². The molecule has 1 fully saturated rings. The van der Waals surface area contributed by atoms with Gasteiger partial charge in [0.15, 0.2) is 5.78 Å². The van der Waals surface area contributed by atoms with E-state index < -0.39 is 11.4 Å². The molecule has 0 saturated carbocycles. The predicted octanol–water partition coefficient (Wildman–Crippen LogP) is 1.07. The Balaban J connectivity index is 2.12. The number of aryl methyl sites for hydroxylation is 1. The first-order valence-corrected chi connectivity index (χ1v) is 5.88. The molecule has 1 aliphatic heterocycles. The van der Waals surface area contributed by atoms with Crippen molar-refractivity contribution in [1.29, 1.82) is 0 Å². The molecule has 1 unspecified atom stereocenters. The van der Waals surface area contributed by atoms with Gasteiger partial charge >= 0.3 is 5.97 Å². The number of ketones is 1. The van der Waals surface area contributed by atoms with Gasteiger partial charge in [-0.25, -0.2) is 0 Å². The van der Waals surface area contributed by atoms with Crippen molar-refractivity contribution < 1.29 is 19.4 Å². The highest BCUT2D eigenvalue weighted by molar-refractivity contribution is 6.03. The van der Waals surface area contributed by atoms with Gasteiger partial charge in [0.05, 0.1) is 13.2 Å². The molecule has 5 nitrogen and oxygen atoms in total. The molecule has 1 saturated heterocycles. The smallest absolute Gasteiger partial charge is 0.319 e. The molecule has 96 valence electrons. The molecule has 5 heteroatoms. The lowest BCUT2D eigenvalue weighted by Crippen LogP contribution is -2.47. The van der Waals surface area contributed by atoms with Gasteiger partial charge in [0.25, 0.3) is 0 Å². The van der Waals surface area contributed by atoms with Crippen LogP contribution in [0.4, 0.5) is 0 Å². The van der Waals surface area contributed by atoms with Crippen molar-refractivity contribution >= 4 is 11.8 Å². The molecule has 1 atom stereocenters. The number of rotatable bonds is 4. The van der Waals surface area contributed by atoms with Crippen molar-refractivity contribution in [1.82, 2.24) is 4.98 Å². The third kappa shape index (κ3) is 2.41. The molecule has 2 heterocycles. The molecule has 0 aliphatic carbocycles. The Morgan fingerprint density at radius 3 is 3.00 bits per heavy atom. The molecule has 0 spiro atoms. The van der Waals surface area contributed by atoms with Gasteiger partial charge in [-0.1, -0.05) is 6.07 Å². The SMILES string of the molecule is O=C(O)C1(CCc2cccnc2)COCCC1=O. The summed E-state index contributed by atoms with van der Waals surface area (Å²) < 4.78 is 5.19. The van der Waals surface area contributed by atoms with Crippen LogP contribution in [0, 0.1) is 5.41 Å². The van der Waals surface area contributed by atoms with Gasteiger partial charge in [0.2, 0.25) is 0 Å². The van der Waals surface area contributed by atoms with Crippen LogP contribution in [0.15, 0.2) is 24.5 Å². The van der Waals surface area contributed by atoms with E-state index in [9.17, 15) is 14.7 Å². The molecule has 0 bridgehead atoms. The van der Waals surface area contributed by atoms with Crippen LogP contribution in [0.25, 0.3) is 0 Å². The number of nitrogens with zero attached hydrogens (tertiary/aromatic N) is 1. The second-order valence-electron chi connectivity index (χ2n) is 4.47. The van der Waals surface area contributed by atoms with Gasteiger partial charge in [-0.05, 0) is 24.5 Å². The summed E-state index contributed by atoms with van der Waals surface area (Å²) in [6, 6.07) is 3.67. The molecule has 0 radical (unpaired) electrons. The Hall–Kier alpha value is -1.75. The number of carbonyl (C=O) groups is 2. The van der Waals surface area contributed by atoms with E-state index in [2.05, 4.69) is 4.98 Å². The normalized spacial score (nSPS) is 23.9. The van der Waals surface area contributed by atoms with Crippen molar-refractivity contribution in [3.63, 3.8) is 0 Å². The van der Waals surface area contributed by atoms with E-state index in [4.69, 9.17) is 4.74 Å². The number of carboxylic acid groups (broad SMARTS) is 1. The second kappa shape index (κ2) is 5.27. The number of hydrogen-bond acceptors (Lipinski definition) is 4. The van der Waals surface area contributed by atoms with Gasteiger partial charge < -0.3 is 9.84 Å². The van der Waals surface area contributed by atoms with Crippen LogP contribution in [-0.4, -0.2) is 35.1 Å². The minimum Gasteiger partial charge on any atom is -0.480 e. The maximum atomic E-state index is 11.9. The van der Waals surface area contributed by atoms with Crippen LogP contribution in [0.3, 0.4) is 0 Å². The number of ether oxygens (including phenoxy) is 1. The van der Waals surface area contributed by atoms with Gasteiger partial charge in [0.1, 0.15) is 5.41 Å². The standard InChI is InChI=1S/C13H15NO4/c15-11-4-7-18-9-13(11,12(16)17)5-3-10-2-1-6-14-8-10/h1-2,6,8H,3-5,7,9H2,(H,16,17). The third-order valence-corrected chi connectivity index (χ3v) is 3.33. The molecule has 1 aromatic heterocycles. The Morgan fingerprint density at radius 2 is 2.39 bits per heavy atom. The fourth-order valence-electron chi connectivity index (χ4n) is 2.13. The van der Waals surface area contributed by atoms with Crippen LogP contribution in [0.2, 0.25) is 0 Å². The van der Waals surface area contributed by atoms with E-state index in [1.165, 1.54) is 0 Å². The van der Waals surface area contributed by atoms with Crippen LogP contribution in [0.1, 0.15) is 18.4 Å². The number of carboxylic acids is 1. The summed E-state index contributed by atoms with van der Waals surface area (Å²) in [6.07, 6.45) is 4.29. The predicted molar refractivity (Wildman–Crippen MR) is 63.1 cm³/mol. The maximum Gasteiger partial charge on any atom is 0.319 e. The lowest BCUT2D eigenvalue weighted by atomic mass is 9.77. The van der Waals surface area contributed by atoms with Crippen LogP contribution in [-0.2, 0) is 20.7 Å². The van der Waals surface area contributed by atoms with Crippen LogP contribution in [0.5, 0.6) is 0 Å². The Morgan fingerprint density at radius 1 is 1.56 bits per heavy atom. The van der Waals surface area contributed by atoms with Crippen molar-refractivity contribution in [2.75, 3.05) is 13.2 Å². The summed E-state index contributed by atoms with van der Waals surface area (Å²) in [4.78, 5) is 27.3. The quantitative estimate of drug-likeness (QED) is 0.808. The highest BCUT2D eigenvalue weighted by atomic mass is 16.5. The molecule has 18 heavy (non-hydrogen) atoms. The highest BCUT2D eigenvalue weighted by Gasteiger charge is 2.47. The zero-order valence-corrected chi connectivity index (χ0v) is 9.96. The van der Waals surface area contributed by atoms with E-state index in [-0.39, 0.29) is 25.2 Å². The first-order chi connectivity index (χ1) is 8.65. The van der Waals surface area contributed by atoms with Crippen molar-refractivity contribution in [3.05, 3.63) is 30.1 Å². The lowest BCUT2D eigenvalue weighted by molar-refractivity contribution is -0.165. The molecule has 2 rings (SSSR count). The minimum atomic E-state index is -1.38. The first kappa shape index (κ1) is 12.7. The van der Waals surface area contributed by atoms with Gasteiger partial charge in [-0.3, -0.25) is 14.6 Å². The number of carbonyl (C=O) groups excluding carboxylic acids is 1. The summed E-state index contributed by atoms with van der Waals surface area (Å²) in [7, 11) is 0. The number of pyridine rings is 1. The summed E-state index contributed by atoms with van der Waals surface area (Å²) in [5, 5.41) is 9.32. The molecule has 0 amide bonds. The zero-order valence-electron chi connectivity index (χ0n) is 9.96. The highest BCUT2D eigenvalue weighted by Crippen LogP contribution is 2.31. The fourth-order valence-corrected chi connectivity index (χ4v) is 2.13. The largest absolute Gasteiger partial charge is 0.480 e. The average Bonchev–Trinajstić information content (AvgIpc) is 2.39. The lowest BCUT2D eigenvalue weighted by Gasteiger charge is -2.31. The molecule has 0 aromatic carbocycles. The molecular weight excluding hydrogens is 234 g/mol. The fraction of sp³-hybridized carbons (Fsp3) is 0.462. The Kier molecular flexibility index (Phi) is 3.72. The Bertz CT molecular complexity index is 446. The van der Waals surface area contributed by atoms with Crippen molar-refractivity contribution in [2.24, 2.45) is 5.41 Å². The summed E-state index contributed by atoms with van der Waals surface area (Å²) in [5.74, 6) is -1.32. The summed E-state index contributed by atoms with van der Waals surface area (Å²) >= 11 is 0. The number of Topliss-reactive ketones (excluding diaryl/α,β-unsaturated/α-hetero) is 1. The molecule has 1 N–H and O–H groups in total. The van der Waals surface area contributed by atoms with E-state index in [1.807, 2.05) is 6.07 Å². The van der Waals surface area contributed by atoms with E-state index in [0.29, 0.717) is 13.0 Å². The van der Waals surface area contributed by atoms with Crippen molar-refractivity contribution in [3.8, 4) is 0 Å². The topological polar surface area (TPSA) is 76.5 Å².